The third-order valence-corrected chi connectivity index (χ3v) is 2.59. The molecular weight excluding hydrogens is 282 g/mol. The molecule has 10 heteroatoms. The van der Waals surface area contributed by atoms with Crippen LogP contribution in [0.2, 0.25) is 0 Å². The summed E-state index contributed by atoms with van der Waals surface area (Å²) >= 11 is 0. The van der Waals surface area contributed by atoms with E-state index in [9.17, 15) is 35.6 Å². The van der Waals surface area contributed by atoms with Crippen LogP contribution < -0.4 is 0 Å². The monoisotopic (exact) mass is 287 g/mol. The third-order valence-electron chi connectivity index (χ3n) is 1.94. The number of alkyl halides is 3. The van der Waals surface area contributed by atoms with Gasteiger partial charge >= 0.3 is 16.4 Å². The predicted molar refractivity (Wildman–Crippen MR) is 51.8 cm³/mol. The van der Waals surface area contributed by atoms with Crippen molar-refractivity contribution in [2.24, 2.45) is 0 Å². The quantitative estimate of drug-likeness (QED) is 0.370. The van der Waals surface area contributed by atoms with Gasteiger partial charge in [-0.25, -0.2) is 0 Å². The van der Waals surface area contributed by atoms with E-state index in [0.29, 0.717) is 12.1 Å². The summed E-state index contributed by atoms with van der Waals surface area (Å²) in [6, 6.07) is 1.19. The van der Waals surface area contributed by atoms with Gasteiger partial charge in [0.05, 0.1) is 10.5 Å². The molecule has 0 aromatic heterocycles. The van der Waals surface area contributed by atoms with E-state index in [1.54, 1.807) is 0 Å². The lowest BCUT2D eigenvalue weighted by atomic mass is 10.1. The van der Waals surface area contributed by atoms with Crippen LogP contribution in [0.4, 0.5) is 22.7 Å². The first-order chi connectivity index (χ1) is 8.00. The molecule has 0 aliphatic heterocycles. The van der Waals surface area contributed by atoms with E-state index in [4.69, 9.17) is 0 Å². The zero-order chi connectivity index (χ0) is 14.1. The summed E-state index contributed by atoms with van der Waals surface area (Å²) in [5.41, 5.74) is -3.05. The molecule has 0 amide bonds. The van der Waals surface area contributed by atoms with Gasteiger partial charge in [0, 0.05) is 11.6 Å². The summed E-state index contributed by atoms with van der Waals surface area (Å²) in [4.78, 5) is 9.31. The molecule has 0 heterocycles. The van der Waals surface area contributed by atoms with Crippen molar-refractivity contribution < 1.29 is 30.4 Å². The number of benzene rings is 1. The van der Waals surface area contributed by atoms with Gasteiger partial charge in [-0.2, -0.15) is 21.6 Å². The van der Waals surface area contributed by atoms with Gasteiger partial charge in [0.15, 0.2) is 0 Å². The Morgan fingerprint density at radius 2 is 1.83 bits per heavy atom. The number of nitro groups is 1. The molecule has 0 saturated carbocycles. The fourth-order valence-corrected chi connectivity index (χ4v) is 1.83. The van der Waals surface area contributed by atoms with Crippen LogP contribution >= 0.6 is 0 Å². The largest absolute Gasteiger partial charge is 0.416 e. The Labute approximate surface area is 98.4 Å². The van der Waals surface area contributed by atoms with Crippen LogP contribution in [0.25, 0.3) is 0 Å². The molecule has 0 fully saturated rings. The first-order valence-corrected chi connectivity index (χ1v) is 5.83. The molecule has 0 atom stereocenters. The molecule has 0 aliphatic carbocycles. The maximum Gasteiger partial charge on any atom is 0.416 e. The Balaban J connectivity index is 3.34. The molecule has 1 aromatic carbocycles. The molecule has 0 radical (unpaired) electrons. The summed E-state index contributed by atoms with van der Waals surface area (Å²) < 4.78 is 69.9. The van der Waals surface area contributed by atoms with Crippen LogP contribution in [0.15, 0.2) is 18.2 Å². The highest BCUT2D eigenvalue weighted by atomic mass is 32.3. The van der Waals surface area contributed by atoms with Crippen LogP contribution in [0.1, 0.15) is 11.1 Å². The fraction of sp³-hybridized carbons (Fsp3) is 0.250. The highest BCUT2D eigenvalue weighted by Crippen LogP contribution is 2.33. The lowest BCUT2D eigenvalue weighted by Crippen LogP contribution is -2.08. The number of nitrogens with zero attached hydrogens (tertiary/aromatic N) is 1. The van der Waals surface area contributed by atoms with E-state index in [0.717, 1.165) is 0 Å². The minimum Gasteiger partial charge on any atom is -0.258 e. The van der Waals surface area contributed by atoms with Gasteiger partial charge < -0.3 is 0 Å². The Morgan fingerprint density at radius 3 is 2.22 bits per heavy atom. The van der Waals surface area contributed by atoms with Gasteiger partial charge in [-0.1, -0.05) is 6.07 Å². The maximum atomic E-state index is 12.4. The predicted octanol–water partition coefficient (Wildman–Crippen LogP) is 2.41. The molecule has 0 saturated heterocycles. The van der Waals surface area contributed by atoms with E-state index < -0.39 is 43.9 Å². The molecule has 18 heavy (non-hydrogen) atoms. The van der Waals surface area contributed by atoms with Crippen LogP contribution in [0.3, 0.4) is 0 Å². The van der Waals surface area contributed by atoms with E-state index in [2.05, 4.69) is 0 Å². The smallest absolute Gasteiger partial charge is 0.258 e. The number of halogens is 4. The first kappa shape index (κ1) is 14.4. The molecule has 0 spiro atoms. The Morgan fingerprint density at radius 1 is 1.28 bits per heavy atom. The van der Waals surface area contributed by atoms with Crippen molar-refractivity contribution in [3.05, 3.63) is 39.4 Å². The highest BCUT2D eigenvalue weighted by Gasteiger charge is 2.33. The van der Waals surface area contributed by atoms with Crippen molar-refractivity contribution in [2.45, 2.75) is 11.9 Å². The molecule has 0 bridgehead atoms. The lowest BCUT2D eigenvalue weighted by Gasteiger charge is -2.07. The topological polar surface area (TPSA) is 77.3 Å². The van der Waals surface area contributed by atoms with Gasteiger partial charge in [0.2, 0.25) is 0 Å². The second-order valence-electron chi connectivity index (χ2n) is 3.28. The molecule has 0 unspecified atom stereocenters. The minimum absolute atomic E-state index is 0.167. The first-order valence-electron chi connectivity index (χ1n) is 4.27. The number of nitro benzene ring substituents is 1. The normalized spacial score (nSPS) is 12.4. The SMILES string of the molecule is O=[N+]([O-])c1cc(C(F)(F)F)ccc1CS(=O)(=O)F. The van der Waals surface area contributed by atoms with Crippen LogP contribution in [-0.4, -0.2) is 13.3 Å². The molecule has 100 valence electrons. The number of rotatable bonds is 3. The van der Waals surface area contributed by atoms with E-state index in [-0.39, 0.29) is 6.07 Å². The van der Waals surface area contributed by atoms with Gasteiger partial charge in [-0.15, -0.1) is 3.89 Å². The summed E-state index contributed by atoms with van der Waals surface area (Å²) in [6.45, 7) is 0. The van der Waals surface area contributed by atoms with E-state index in [1.165, 1.54) is 0 Å². The van der Waals surface area contributed by atoms with Gasteiger partial charge in [0.25, 0.3) is 5.69 Å². The third kappa shape index (κ3) is 3.65. The molecule has 0 N–H and O–H groups in total. The highest BCUT2D eigenvalue weighted by molar-refractivity contribution is 7.85. The zero-order valence-corrected chi connectivity index (χ0v) is 9.26. The standard InChI is InChI=1S/C8H5F4NO4S/c9-8(10,11)6-2-1-5(4-18(12,16)17)7(3-6)13(14)15/h1-3H,4H2. The van der Waals surface area contributed by atoms with Crippen molar-refractivity contribution in [1.82, 2.24) is 0 Å². The summed E-state index contributed by atoms with van der Waals surface area (Å²) in [5.74, 6) is -1.35. The summed E-state index contributed by atoms with van der Waals surface area (Å²) in [7, 11) is -5.07. The zero-order valence-electron chi connectivity index (χ0n) is 8.44. The van der Waals surface area contributed by atoms with Crippen LogP contribution in [0.5, 0.6) is 0 Å². The van der Waals surface area contributed by atoms with E-state index in [1.807, 2.05) is 0 Å². The van der Waals surface area contributed by atoms with Gasteiger partial charge in [-0.3, -0.25) is 10.1 Å². The van der Waals surface area contributed by atoms with Crippen LogP contribution in [0, 0.1) is 10.1 Å². The van der Waals surface area contributed by atoms with Crippen molar-refractivity contribution in [3.63, 3.8) is 0 Å². The summed E-state index contributed by atoms with van der Waals surface area (Å²) in [6.07, 6.45) is -4.81. The lowest BCUT2D eigenvalue weighted by molar-refractivity contribution is -0.385. The van der Waals surface area contributed by atoms with Crippen molar-refractivity contribution in [2.75, 3.05) is 0 Å². The van der Waals surface area contributed by atoms with Gasteiger partial charge in [-0.05, 0) is 6.07 Å². The Kier molecular flexibility index (Phi) is 3.60. The van der Waals surface area contributed by atoms with Crippen molar-refractivity contribution in [3.8, 4) is 0 Å². The molecule has 0 aliphatic rings. The average molecular weight is 287 g/mol. The average Bonchev–Trinajstić information content (AvgIpc) is 2.13. The fourth-order valence-electron chi connectivity index (χ4n) is 1.22. The molecule has 5 nitrogen and oxygen atoms in total. The van der Waals surface area contributed by atoms with Gasteiger partial charge in [0.1, 0.15) is 5.75 Å². The second kappa shape index (κ2) is 4.52. The van der Waals surface area contributed by atoms with Crippen LogP contribution in [-0.2, 0) is 22.2 Å². The number of hydrogen-bond acceptors (Lipinski definition) is 4. The van der Waals surface area contributed by atoms with E-state index >= 15 is 0 Å². The second-order valence-corrected chi connectivity index (χ2v) is 4.65. The number of hydrogen-bond donors (Lipinski definition) is 0. The Bertz CT molecular complexity index is 581. The van der Waals surface area contributed by atoms with Crippen molar-refractivity contribution in [1.29, 1.82) is 0 Å². The summed E-state index contributed by atoms with van der Waals surface area (Å²) in [5, 5.41) is 10.5. The van der Waals surface area contributed by atoms with Crippen molar-refractivity contribution >= 4 is 15.9 Å². The Hall–Kier alpha value is -1.71. The molecule has 1 rings (SSSR count). The molecular formula is C8H5F4NO4S. The maximum absolute atomic E-state index is 12.4. The minimum atomic E-state index is -5.07. The molecule has 1 aromatic rings.